The molecule has 0 aliphatic carbocycles. The van der Waals surface area contributed by atoms with Gasteiger partial charge in [0.1, 0.15) is 12.4 Å². The molecule has 116 valence electrons. The number of carboxylic acid groups (broad SMARTS) is 1. The van der Waals surface area contributed by atoms with Crippen LogP contribution in [0.1, 0.15) is 16.8 Å². The van der Waals surface area contributed by atoms with Gasteiger partial charge in [-0.3, -0.25) is 4.79 Å². The number of carbonyl (C=O) groups is 2. The van der Waals surface area contributed by atoms with Crippen molar-refractivity contribution in [2.24, 2.45) is 5.73 Å². The minimum absolute atomic E-state index is 0.00132. The number of sulfone groups is 1. The SMILES string of the molecule is NC(=O)CCS(=O)(=O)CCOc1ccc(C(=O)O)cc1Cl. The molecule has 0 fully saturated rings. The summed E-state index contributed by atoms with van der Waals surface area (Å²) in [6.45, 7) is -0.159. The summed E-state index contributed by atoms with van der Waals surface area (Å²) in [5.74, 6) is -2.26. The number of hydrogen-bond acceptors (Lipinski definition) is 5. The fourth-order valence-electron chi connectivity index (χ4n) is 1.39. The van der Waals surface area contributed by atoms with Crippen LogP contribution in [0.2, 0.25) is 5.02 Å². The summed E-state index contributed by atoms with van der Waals surface area (Å²) in [5, 5.41) is 8.84. The number of ether oxygens (including phenoxy) is 1. The first kappa shape index (κ1) is 17.3. The average Bonchev–Trinajstić information content (AvgIpc) is 2.38. The third-order valence-corrected chi connectivity index (χ3v) is 4.40. The summed E-state index contributed by atoms with van der Waals surface area (Å²) in [7, 11) is -3.44. The lowest BCUT2D eigenvalue weighted by molar-refractivity contribution is -0.117. The second-order valence-corrected chi connectivity index (χ2v) is 6.88. The zero-order chi connectivity index (χ0) is 16.0. The van der Waals surface area contributed by atoms with E-state index in [9.17, 15) is 18.0 Å². The standard InChI is InChI=1S/C12H14ClNO6S/c13-9-7-8(12(16)17)1-2-10(9)20-4-6-21(18,19)5-3-11(14)15/h1-2,7H,3-6H2,(H2,14,15)(H,16,17). The Morgan fingerprint density at radius 2 is 1.95 bits per heavy atom. The predicted octanol–water partition coefficient (Wildman–Crippen LogP) is 0.707. The Balaban J connectivity index is 2.56. The fourth-order valence-corrected chi connectivity index (χ4v) is 2.68. The van der Waals surface area contributed by atoms with Crippen LogP contribution in [-0.2, 0) is 14.6 Å². The molecule has 0 heterocycles. The van der Waals surface area contributed by atoms with E-state index < -0.39 is 21.7 Å². The van der Waals surface area contributed by atoms with E-state index in [1.807, 2.05) is 0 Å². The maximum Gasteiger partial charge on any atom is 0.335 e. The van der Waals surface area contributed by atoms with E-state index in [4.69, 9.17) is 27.2 Å². The number of nitrogens with two attached hydrogens (primary N) is 1. The van der Waals surface area contributed by atoms with E-state index in [1.54, 1.807) is 0 Å². The zero-order valence-electron chi connectivity index (χ0n) is 10.9. The number of benzene rings is 1. The Morgan fingerprint density at radius 3 is 2.48 bits per heavy atom. The molecule has 1 aromatic carbocycles. The number of aromatic carboxylic acids is 1. The molecular formula is C12H14ClNO6S. The van der Waals surface area contributed by atoms with Crippen LogP contribution < -0.4 is 10.5 Å². The molecular weight excluding hydrogens is 322 g/mol. The van der Waals surface area contributed by atoms with E-state index in [-0.39, 0.29) is 40.9 Å². The first-order valence-electron chi connectivity index (χ1n) is 5.85. The van der Waals surface area contributed by atoms with Crippen LogP contribution in [0.3, 0.4) is 0 Å². The normalized spacial score (nSPS) is 11.1. The lowest BCUT2D eigenvalue weighted by Gasteiger charge is -2.09. The molecule has 1 aromatic rings. The van der Waals surface area contributed by atoms with Gasteiger partial charge in [0.25, 0.3) is 0 Å². The Bertz CT molecular complexity index is 643. The maximum absolute atomic E-state index is 11.6. The van der Waals surface area contributed by atoms with E-state index in [2.05, 4.69) is 0 Å². The molecule has 21 heavy (non-hydrogen) atoms. The van der Waals surface area contributed by atoms with Crippen LogP contribution in [0, 0.1) is 0 Å². The van der Waals surface area contributed by atoms with Crippen LogP contribution >= 0.6 is 11.6 Å². The van der Waals surface area contributed by atoms with E-state index in [1.165, 1.54) is 18.2 Å². The molecule has 0 aromatic heterocycles. The smallest absolute Gasteiger partial charge is 0.335 e. The number of rotatable bonds is 8. The summed E-state index contributed by atoms with van der Waals surface area (Å²) in [5.41, 5.74) is 4.88. The Kier molecular flexibility index (Phi) is 5.98. The summed E-state index contributed by atoms with van der Waals surface area (Å²) in [4.78, 5) is 21.3. The van der Waals surface area contributed by atoms with Gasteiger partial charge in [-0.05, 0) is 18.2 Å². The van der Waals surface area contributed by atoms with Gasteiger partial charge in [-0.2, -0.15) is 0 Å². The molecule has 0 saturated heterocycles. The highest BCUT2D eigenvalue weighted by Crippen LogP contribution is 2.25. The van der Waals surface area contributed by atoms with Crippen molar-refractivity contribution in [3.8, 4) is 5.75 Å². The van der Waals surface area contributed by atoms with Crippen LogP contribution in [0.4, 0.5) is 0 Å². The van der Waals surface area contributed by atoms with Gasteiger partial charge in [-0.1, -0.05) is 11.6 Å². The highest BCUT2D eigenvalue weighted by molar-refractivity contribution is 7.91. The topological polar surface area (TPSA) is 124 Å². The van der Waals surface area contributed by atoms with Crippen molar-refractivity contribution >= 4 is 33.3 Å². The second-order valence-electron chi connectivity index (χ2n) is 4.17. The van der Waals surface area contributed by atoms with Gasteiger partial charge >= 0.3 is 5.97 Å². The second kappa shape index (κ2) is 7.28. The van der Waals surface area contributed by atoms with Crippen LogP contribution in [0.25, 0.3) is 0 Å². The maximum atomic E-state index is 11.6. The van der Waals surface area contributed by atoms with Crippen molar-refractivity contribution in [2.75, 3.05) is 18.1 Å². The van der Waals surface area contributed by atoms with E-state index in [0.29, 0.717) is 0 Å². The minimum atomic E-state index is -3.44. The van der Waals surface area contributed by atoms with Gasteiger partial charge in [0.05, 0.1) is 22.1 Å². The number of carboxylic acids is 1. The third-order valence-electron chi connectivity index (χ3n) is 2.49. The molecule has 1 amide bonds. The number of carbonyl (C=O) groups excluding carboxylic acids is 1. The molecule has 7 nitrogen and oxygen atoms in total. The van der Waals surface area contributed by atoms with Crippen molar-refractivity contribution in [1.82, 2.24) is 0 Å². The number of halogens is 1. The molecule has 1 rings (SSSR count). The van der Waals surface area contributed by atoms with E-state index >= 15 is 0 Å². The summed E-state index contributed by atoms with van der Waals surface area (Å²) >= 11 is 5.83. The summed E-state index contributed by atoms with van der Waals surface area (Å²) in [6.07, 6.45) is -0.240. The monoisotopic (exact) mass is 335 g/mol. The fraction of sp³-hybridized carbons (Fsp3) is 0.333. The molecule has 0 atom stereocenters. The Morgan fingerprint density at radius 1 is 1.29 bits per heavy atom. The van der Waals surface area contributed by atoms with Crippen molar-refractivity contribution in [3.05, 3.63) is 28.8 Å². The molecule has 0 spiro atoms. The van der Waals surface area contributed by atoms with Crippen molar-refractivity contribution in [2.45, 2.75) is 6.42 Å². The molecule has 3 N–H and O–H groups in total. The third kappa shape index (κ3) is 6.01. The lowest BCUT2D eigenvalue weighted by Crippen LogP contribution is -2.21. The Hall–Kier alpha value is -1.80. The van der Waals surface area contributed by atoms with Gasteiger partial charge in [-0.25, -0.2) is 13.2 Å². The van der Waals surface area contributed by atoms with Gasteiger partial charge < -0.3 is 15.6 Å². The van der Waals surface area contributed by atoms with Crippen LogP contribution in [0.15, 0.2) is 18.2 Å². The summed E-state index contributed by atoms with van der Waals surface area (Å²) in [6, 6.07) is 3.85. The number of primary amides is 1. The number of amides is 1. The van der Waals surface area contributed by atoms with Gasteiger partial charge in [0.15, 0.2) is 9.84 Å². The Labute approximate surface area is 126 Å². The van der Waals surface area contributed by atoms with Crippen LogP contribution in [0.5, 0.6) is 5.75 Å². The van der Waals surface area contributed by atoms with Gasteiger partial charge in [0, 0.05) is 6.42 Å². The summed E-state index contributed by atoms with van der Waals surface area (Å²) < 4.78 is 28.3. The quantitative estimate of drug-likeness (QED) is 0.721. The highest BCUT2D eigenvalue weighted by Gasteiger charge is 2.14. The van der Waals surface area contributed by atoms with Crippen molar-refractivity contribution in [3.63, 3.8) is 0 Å². The predicted molar refractivity (Wildman–Crippen MR) is 76.4 cm³/mol. The first-order valence-corrected chi connectivity index (χ1v) is 8.05. The molecule has 0 radical (unpaired) electrons. The van der Waals surface area contributed by atoms with Gasteiger partial charge in [0.2, 0.25) is 5.91 Å². The molecule has 0 aliphatic heterocycles. The molecule has 0 saturated carbocycles. The van der Waals surface area contributed by atoms with E-state index in [0.717, 1.165) is 0 Å². The molecule has 9 heteroatoms. The average molecular weight is 336 g/mol. The number of hydrogen-bond donors (Lipinski definition) is 2. The van der Waals surface area contributed by atoms with Crippen molar-refractivity contribution in [1.29, 1.82) is 0 Å². The first-order chi connectivity index (χ1) is 9.71. The molecule has 0 bridgehead atoms. The largest absolute Gasteiger partial charge is 0.491 e. The van der Waals surface area contributed by atoms with Crippen molar-refractivity contribution < 1.29 is 27.9 Å². The van der Waals surface area contributed by atoms with Crippen LogP contribution in [-0.4, -0.2) is 43.5 Å². The molecule has 0 aliphatic rings. The lowest BCUT2D eigenvalue weighted by atomic mass is 10.2. The highest BCUT2D eigenvalue weighted by atomic mass is 35.5. The molecule has 0 unspecified atom stereocenters. The zero-order valence-corrected chi connectivity index (χ0v) is 12.5. The minimum Gasteiger partial charge on any atom is -0.491 e. The van der Waals surface area contributed by atoms with Gasteiger partial charge in [-0.15, -0.1) is 0 Å².